The summed E-state index contributed by atoms with van der Waals surface area (Å²) in [5.41, 5.74) is 1.46. The molecule has 0 aliphatic rings. The zero-order valence-electron chi connectivity index (χ0n) is 13.7. The van der Waals surface area contributed by atoms with Crippen molar-refractivity contribution < 1.29 is 19.4 Å². The number of rotatable bonds is 6. The van der Waals surface area contributed by atoms with Crippen molar-refractivity contribution in [3.05, 3.63) is 58.6 Å². The molecule has 2 rings (SSSR count). The number of benzene rings is 2. The average Bonchev–Trinajstić information content (AvgIpc) is 2.53. The highest BCUT2D eigenvalue weighted by Crippen LogP contribution is 2.31. The molecule has 0 aliphatic carbocycles. The van der Waals surface area contributed by atoms with Crippen LogP contribution in [0, 0.1) is 0 Å². The van der Waals surface area contributed by atoms with Crippen LogP contribution in [-0.2, 0) is 4.79 Å². The zero-order valence-corrected chi connectivity index (χ0v) is 14.5. The first kappa shape index (κ1) is 17.9. The molecular formula is C19H19ClO4. The van der Waals surface area contributed by atoms with E-state index in [0.29, 0.717) is 27.6 Å². The van der Waals surface area contributed by atoms with Gasteiger partial charge in [0.15, 0.2) is 11.5 Å². The molecule has 0 radical (unpaired) electrons. The largest absolute Gasteiger partial charge is 0.493 e. The van der Waals surface area contributed by atoms with Crippen molar-refractivity contribution in [2.24, 2.45) is 0 Å². The molecule has 0 saturated carbocycles. The molecule has 4 nitrogen and oxygen atoms in total. The van der Waals surface area contributed by atoms with E-state index in [2.05, 4.69) is 0 Å². The highest BCUT2D eigenvalue weighted by Gasteiger charge is 2.12. The van der Waals surface area contributed by atoms with Crippen LogP contribution >= 0.6 is 11.6 Å². The van der Waals surface area contributed by atoms with Gasteiger partial charge >= 0.3 is 5.97 Å². The quantitative estimate of drug-likeness (QED) is 0.605. The van der Waals surface area contributed by atoms with E-state index < -0.39 is 5.97 Å². The van der Waals surface area contributed by atoms with Crippen LogP contribution in [0.1, 0.15) is 25.0 Å². The van der Waals surface area contributed by atoms with E-state index in [1.54, 1.807) is 55.7 Å². The van der Waals surface area contributed by atoms with Gasteiger partial charge in [-0.25, -0.2) is 4.79 Å². The van der Waals surface area contributed by atoms with Gasteiger partial charge in [0.25, 0.3) is 0 Å². The van der Waals surface area contributed by atoms with E-state index in [1.807, 2.05) is 13.8 Å². The molecule has 1 N–H and O–H groups in total. The molecule has 5 heteroatoms. The van der Waals surface area contributed by atoms with Crippen LogP contribution < -0.4 is 9.47 Å². The van der Waals surface area contributed by atoms with E-state index in [9.17, 15) is 9.90 Å². The maximum atomic E-state index is 11.6. The molecule has 0 bridgehead atoms. The molecular weight excluding hydrogens is 328 g/mol. The van der Waals surface area contributed by atoms with Crippen LogP contribution in [0.5, 0.6) is 11.5 Å². The summed E-state index contributed by atoms with van der Waals surface area (Å²) >= 11 is 5.86. The lowest BCUT2D eigenvalue weighted by molar-refractivity contribution is -0.130. The van der Waals surface area contributed by atoms with Crippen LogP contribution in [0.15, 0.2) is 42.5 Å². The molecule has 0 unspecified atom stereocenters. The van der Waals surface area contributed by atoms with E-state index in [-0.39, 0.29) is 11.7 Å². The molecule has 0 aromatic heterocycles. The molecule has 0 amide bonds. The molecule has 0 aliphatic heterocycles. The number of hydrogen-bond donors (Lipinski definition) is 1. The fourth-order valence-corrected chi connectivity index (χ4v) is 2.32. The van der Waals surface area contributed by atoms with Crippen LogP contribution in [-0.4, -0.2) is 24.3 Å². The minimum Gasteiger partial charge on any atom is -0.493 e. The van der Waals surface area contributed by atoms with Crippen LogP contribution in [0.25, 0.3) is 11.6 Å². The lowest BCUT2D eigenvalue weighted by Gasteiger charge is -2.14. The molecule has 24 heavy (non-hydrogen) atoms. The van der Waals surface area contributed by atoms with Gasteiger partial charge in [0.2, 0.25) is 0 Å². The number of carboxylic acid groups (broad SMARTS) is 1. The fraction of sp³-hybridized carbons (Fsp3) is 0.211. The molecule has 0 spiro atoms. The Morgan fingerprint density at radius 3 is 2.33 bits per heavy atom. The smallest absolute Gasteiger partial charge is 0.336 e. The normalized spacial score (nSPS) is 11.5. The SMILES string of the molecule is COc1ccc(/C=C(\C(=O)O)c2ccc(Cl)cc2)cc1OC(C)C. The van der Waals surface area contributed by atoms with Gasteiger partial charge in [0.1, 0.15) is 0 Å². The maximum absolute atomic E-state index is 11.6. The second-order valence-electron chi connectivity index (χ2n) is 5.45. The van der Waals surface area contributed by atoms with Gasteiger partial charge in [0.05, 0.1) is 18.8 Å². The molecule has 0 atom stereocenters. The molecule has 0 fully saturated rings. The van der Waals surface area contributed by atoms with Crippen LogP contribution in [0.3, 0.4) is 0 Å². The van der Waals surface area contributed by atoms with Crippen molar-refractivity contribution in [1.82, 2.24) is 0 Å². The fourth-order valence-electron chi connectivity index (χ4n) is 2.19. The Kier molecular flexibility index (Phi) is 5.88. The lowest BCUT2D eigenvalue weighted by Crippen LogP contribution is -2.07. The summed E-state index contributed by atoms with van der Waals surface area (Å²) in [5, 5.41) is 10.1. The Morgan fingerprint density at radius 1 is 1.12 bits per heavy atom. The summed E-state index contributed by atoms with van der Waals surface area (Å²) in [4.78, 5) is 11.6. The number of aliphatic carboxylic acids is 1. The Morgan fingerprint density at radius 2 is 1.79 bits per heavy atom. The number of carbonyl (C=O) groups is 1. The third kappa shape index (κ3) is 4.52. The van der Waals surface area contributed by atoms with Gasteiger partial charge < -0.3 is 14.6 Å². The lowest BCUT2D eigenvalue weighted by atomic mass is 10.0. The second-order valence-corrected chi connectivity index (χ2v) is 5.88. The molecule has 0 saturated heterocycles. The van der Waals surface area contributed by atoms with Gasteiger partial charge in [-0.15, -0.1) is 0 Å². The van der Waals surface area contributed by atoms with E-state index >= 15 is 0 Å². The number of methoxy groups -OCH3 is 1. The molecule has 126 valence electrons. The van der Waals surface area contributed by atoms with Gasteiger partial charge in [-0.05, 0) is 55.3 Å². The average molecular weight is 347 g/mol. The molecule has 2 aromatic rings. The Balaban J connectivity index is 2.45. The van der Waals surface area contributed by atoms with Crippen molar-refractivity contribution in [1.29, 1.82) is 0 Å². The minimum absolute atomic E-state index is 0.0201. The second kappa shape index (κ2) is 7.88. The van der Waals surface area contributed by atoms with Gasteiger partial charge in [-0.1, -0.05) is 29.8 Å². The predicted molar refractivity (Wildman–Crippen MR) is 95.7 cm³/mol. The summed E-state index contributed by atoms with van der Waals surface area (Å²) in [6, 6.07) is 12.0. The Labute approximate surface area is 146 Å². The van der Waals surface area contributed by atoms with Gasteiger partial charge in [0, 0.05) is 5.02 Å². The van der Waals surface area contributed by atoms with Crippen molar-refractivity contribution in [2.45, 2.75) is 20.0 Å². The zero-order chi connectivity index (χ0) is 17.7. The first-order chi connectivity index (χ1) is 11.4. The summed E-state index contributed by atoms with van der Waals surface area (Å²) in [7, 11) is 1.56. The van der Waals surface area contributed by atoms with Crippen molar-refractivity contribution in [3.63, 3.8) is 0 Å². The minimum atomic E-state index is -1.01. The third-order valence-corrected chi connectivity index (χ3v) is 3.50. The van der Waals surface area contributed by atoms with Gasteiger partial charge in [-0.3, -0.25) is 0 Å². The van der Waals surface area contributed by atoms with Crippen LogP contribution in [0.2, 0.25) is 5.02 Å². The number of halogens is 1. The van der Waals surface area contributed by atoms with Crippen molar-refractivity contribution in [2.75, 3.05) is 7.11 Å². The first-order valence-electron chi connectivity index (χ1n) is 7.46. The summed E-state index contributed by atoms with van der Waals surface area (Å²) < 4.78 is 11.0. The Hall–Kier alpha value is -2.46. The summed E-state index contributed by atoms with van der Waals surface area (Å²) in [6.07, 6.45) is 1.58. The van der Waals surface area contributed by atoms with Crippen LogP contribution in [0.4, 0.5) is 0 Å². The van der Waals surface area contributed by atoms with E-state index in [0.717, 1.165) is 0 Å². The van der Waals surface area contributed by atoms with E-state index in [1.165, 1.54) is 0 Å². The topological polar surface area (TPSA) is 55.8 Å². The summed E-state index contributed by atoms with van der Waals surface area (Å²) in [5.74, 6) is 0.158. The van der Waals surface area contributed by atoms with E-state index in [4.69, 9.17) is 21.1 Å². The summed E-state index contributed by atoms with van der Waals surface area (Å²) in [6.45, 7) is 3.83. The third-order valence-electron chi connectivity index (χ3n) is 3.25. The Bertz CT molecular complexity index is 748. The monoisotopic (exact) mass is 346 g/mol. The first-order valence-corrected chi connectivity index (χ1v) is 7.84. The molecule has 2 aromatic carbocycles. The highest BCUT2D eigenvalue weighted by molar-refractivity contribution is 6.30. The number of hydrogen-bond acceptors (Lipinski definition) is 3. The predicted octanol–water partition coefficient (Wildman–Crippen LogP) is 4.76. The van der Waals surface area contributed by atoms with Gasteiger partial charge in [-0.2, -0.15) is 0 Å². The van der Waals surface area contributed by atoms with Crippen molar-refractivity contribution in [3.8, 4) is 11.5 Å². The molecule has 0 heterocycles. The highest BCUT2D eigenvalue weighted by atomic mass is 35.5. The number of ether oxygens (including phenoxy) is 2. The maximum Gasteiger partial charge on any atom is 0.336 e. The standard InChI is InChI=1S/C19H19ClO4/c1-12(2)24-18-11-13(4-9-17(18)23-3)10-16(19(21)22)14-5-7-15(20)8-6-14/h4-12H,1-3H3,(H,21,22)/b16-10-. The van der Waals surface area contributed by atoms with Crippen molar-refractivity contribution >= 4 is 29.2 Å². The number of carboxylic acids is 1.